The van der Waals surface area contributed by atoms with Crippen molar-refractivity contribution in [1.82, 2.24) is 4.90 Å². The number of fused-ring (bicyclic) bond motifs is 1. The SMILES string of the molecule is CCN1CC(C(=O)N2CCCc3c(Cl)ccc(F)c32)CC1=O. The Morgan fingerprint density at radius 3 is 2.91 bits per heavy atom. The number of hydrogen-bond acceptors (Lipinski definition) is 2. The van der Waals surface area contributed by atoms with E-state index in [1.165, 1.54) is 17.0 Å². The van der Waals surface area contributed by atoms with Gasteiger partial charge in [-0.2, -0.15) is 0 Å². The third-order valence-electron chi connectivity index (χ3n) is 4.47. The van der Waals surface area contributed by atoms with Crippen molar-refractivity contribution >= 4 is 29.1 Å². The predicted octanol–water partition coefficient (Wildman–Crippen LogP) is 2.63. The zero-order valence-electron chi connectivity index (χ0n) is 12.4. The molecule has 1 unspecified atom stereocenters. The van der Waals surface area contributed by atoms with Crippen LogP contribution in [-0.4, -0.2) is 36.3 Å². The molecule has 2 amide bonds. The van der Waals surface area contributed by atoms with E-state index >= 15 is 0 Å². The van der Waals surface area contributed by atoms with Crippen LogP contribution in [0.15, 0.2) is 12.1 Å². The molecule has 1 fully saturated rings. The summed E-state index contributed by atoms with van der Waals surface area (Å²) in [6.07, 6.45) is 1.63. The van der Waals surface area contributed by atoms with Gasteiger partial charge in [0.15, 0.2) is 0 Å². The Balaban J connectivity index is 1.90. The van der Waals surface area contributed by atoms with Crippen LogP contribution in [0.5, 0.6) is 0 Å². The molecule has 22 heavy (non-hydrogen) atoms. The van der Waals surface area contributed by atoms with Gasteiger partial charge in [-0.3, -0.25) is 9.59 Å². The molecule has 1 saturated heterocycles. The first-order valence-electron chi connectivity index (χ1n) is 7.59. The van der Waals surface area contributed by atoms with Crippen LogP contribution in [0.3, 0.4) is 0 Å². The van der Waals surface area contributed by atoms with Crippen molar-refractivity contribution in [2.24, 2.45) is 5.92 Å². The Labute approximate surface area is 133 Å². The van der Waals surface area contributed by atoms with E-state index in [0.717, 1.165) is 6.42 Å². The second-order valence-corrected chi connectivity index (χ2v) is 6.19. The van der Waals surface area contributed by atoms with Gasteiger partial charge in [0.25, 0.3) is 0 Å². The zero-order valence-corrected chi connectivity index (χ0v) is 13.2. The lowest BCUT2D eigenvalue weighted by atomic mass is 9.98. The van der Waals surface area contributed by atoms with Crippen molar-refractivity contribution in [3.05, 3.63) is 28.5 Å². The number of nitrogens with zero attached hydrogens (tertiary/aromatic N) is 2. The van der Waals surface area contributed by atoms with E-state index in [1.54, 1.807) is 4.90 Å². The van der Waals surface area contributed by atoms with Crippen molar-refractivity contribution in [2.75, 3.05) is 24.5 Å². The summed E-state index contributed by atoms with van der Waals surface area (Å²) in [7, 11) is 0. The van der Waals surface area contributed by atoms with Crippen LogP contribution in [-0.2, 0) is 16.0 Å². The molecule has 1 aromatic rings. The highest BCUT2D eigenvalue weighted by molar-refractivity contribution is 6.32. The van der Waals surface area contributed by atoms with Gasteiger partial charge < -0.3 is 9.80 Å². The summed E-state index contributed by atoms with van der Waals surface area (Å²) in [5.41, 5.74) is 0.990. The number of hydrogen-bond donors (Lipinski definition) is 0. The van der Waals surface area contributed by atoms with Crippen molar-refractivity contribution in [3.8, 4) is 0 Å². The number of anilines is 1. The molecule has 1 atom stereocenters. The van der Waals surface area contributed by atoms with Crippen LogP contribution in [0, 0.1) is 11.7 Å². The fourth-order valence-electron chi connectivity index (χ4n) is 3.32. The van der Waals surface area contributed by atoms with Crippen LogP contribution in [0.2, 0.25) is 5.02 Å². The average Bonchev–Trinajstić information content (AvgIpc) is 2.91. The molecule has 6 heteroatoms. The van der Waals surface area contributed by atoms with Gasteiger partial charge in [-0.05, 0) is 37.5 Å². The third-order valence-corrected chi connectivity index (χ3v) is 4.82. The van der Waals surface area contributed by atoms with E-state index in [-0.39, 0.29) is 18.2 Å². The Morgan fingerprint density at radius 1 is 1.45 bits per heavy atom. The Kier molecular flexibility index (Phi) is 4.08. The summed E-state index contributed by atoms with van der Waals surface area (Å²) in [5.74, 6) is -1.00. The van der Waals surface area contributed by atoms with Gasteiger partial charge in [-0.15, -0.1) is 0 Å². The lowest BCUT2D eigenvalue weighted by Crippen LogP contribution is -2.41. The van der Waals surface area contributed by atoms with Crippen molar-refractivity contribution in [3.63, 3.8) is 0 Å². The topological polar surface area (TPSA) is 40.6 Å². The van der Waals surface area contributed by atoms with Crippen molar-refractivity contribution < 1.29 is 14.0 Å². The summed E-state index contributed by atoms with van der Waals surface area (Å²) in [4.78, 5) is 27.8. The standard InChI is InChI=1S/C16H18ClFN2O2/c1-2-19-9-10(8-14(19)21)16(22)20-7-3-4-11-12(17)5-6-13(18)15(11)20/h5-6,10H,2-4,7-9H2,1H3. The first-order valence-corrected chi connectivity index (χ1v) is 7.96. The second-order valence-electron chi connectivity index (χ2n) is 5.78. The van der Waals surface area contributed by atoms with Crippen LogP contribution in [0.4, 0.5) is 10.1 Å². The maximum atomic E-state index is 14.2. The molecule has 118 valence electrons. The highest BCUT2D eigenvalue weighted by Crippen LogP contribution is 2.36. The predicted molar refractivity (Wildman–Crippen MR) is 82.4 cm³/mol. The molecule has 2 aliphatic heterocycles. The van der Waals surface area contributed by atoms with Crippen LogP contribution in [0.1, 0.15) is 25.3 Å². The quantitative estimate of drug-likeness (QED) is 0.839. The maximum absolute atomic E-state index is 14.2. The lowest BCUT2D eigenvalue weighted by Gasteiger charge is -2.32. The van der Waals surface area contributed by atoms with E-state index in [9.17, 15) is 14.0 Å². The van der Waals surface area contributed by atoms with E-state index in [2.05, 4.69) is 0 Å². The van der Waals surface area contributed by atoms with Gasteiger partial charge in [-0.1, -0.05) is 11.6 Å². The van der Waals surface area contributed by atoms with Gasteiger partial charge in [-0.25, -0.2) is 4.39 Å². The summed E-state index contributed by atoms with van der Waals surface area (Å²) in [6.45, 7) is 3.38. The number of benzene rings is 1. The summed E-state index contributed by atoms with van der Waals surface area (Å²) in [5, 5.41) is 0.492. The van der Waals surface area contributed by atoms with Gasteiger partial charge in [0.05, 0.1) is 11.6 Å². The molecule has 0 saturated carbocycles. The van der Waals surface area contributed by atoms with E-state index < -0.39 is 11.7 Å². The Morgan fingerprint density at radius 2 is 2.23 bits per heavy atom. The Hall–Kier alpha value is -1.62. The number of likely N-dealkylation sites (tertiary alicyclic amines) is 1. The highest BCUT2D eigenvalue weighted by atomic mass is 35.5. The minimum absolute atomic E-state index is 0.00958. The molecule has 1 aromatic carbocycles. The molecule has 2 heterocycles. The molecule has 4 nitrogen and oxygen atoms in total. The first kappa shape index (κ1) is 15.3. The molecule has 0 N–H and O–H groups in total. The monoisotopic (exact) mass is 324 g/mol. The molecule has 0 spiro atoms. The number of amides is 2. The normalized spacial score (nSPS) is 21.2. The molecule has 0 aliphatic carbocycles. The average molecular weight is 325 g/mol. The van der Waals surface area contributed by atoms with Gasteiger partial charge in [0.1, 0.15) is 5.82 Å². The molecule has 0 bridgehead atoms. The number of carbonyl (C=O) groups is 2. The van der Waals surface area contributed by atoms with E-state index in [1.807, 2.05) is 6.92 Å². The molecule has 3 rings (SSSR count). The minimum atomic E-state index is -0.427. The summed E-state index contributed by atoms with van der Waals surface area (Å²) >= 11 is 6.15. The fraction of sp³-hybridized carbons (Fsp3) is 0.500. The van der Waals surface area contributed by atoms with Gasteiger partial charge in [0, 0.05) is 31.1 Å². The maximum Gasteiger partial charge on any atom is 0.232 e. The molecule has 0 aromatic heterocycles. The van der Waals surface area contributed by atoms with Gasteiger partial charge >= 0.3 is 0 Å². The largest absolute Gasteiger partial charge is 0.342 e. The zero-order chi connectivity index (χ0) is 15.9. The van der Waals surface area contributed by atoms with Crippen LogP contribution >= 0.6 is 11.6 Å². The third kappa shape index (κ3) is 2.47. The molecular weight excluding hydrogens is 307 g/mol. The van der Waals surface area contributed by atoms with Crippen molar-refractivity contribution in [1.29, 1.82) is 0 Å². The number of halogens is 2. The molecule has 0 radical (unpaired) electrons. The highest BCUT2D eigenvalue weighted by Gasteiger charge is 2.38. The fourth-order valence-corrected chi connectivity index (χ4v) is 3.57. The number of carbonyl (C=O) groups excluding carboxylic acids is 2. The van der Waals surface area contributed by atoms with Crippen LogP contribution < -0.4 is 4.90 Å². The van der Waals surface area contributed by atoms with Gasteiger partial charge in [0.2, 0.25) is 11.8 Å². The lowest BCUT2D eigenvalue weighted by molar-refractivity contribution is -0.128. The van der Waals surface area contributed by atoms with E-state index in [0.29, 0.717) is 42.3 Å². The summed E-state index contributed by atoms with van der Waals surface area (Å²) < 4.78 is 14.2. The molecular formula is C16H18ClFN2O2. The first-order chi connectivity index (χ1) is 10.5. The number of rotatable bonds is 2. The minimum Gasteiger partial charge on any atom is -0.342 e. The van der Waals surface area contributed by atoms with Crippen LogP contribution in [0.25, 0.3) is 0 Å². The Bertz CT molecular complexity index is 635. The second kappa shape index (κ2) is 5.88. The van der Waals surface area contributed by atoms with E-state index in [4.69, 9.17) is 11.6 Å². The molecule has 2 aliphatic rings. The summed E-state index contributed by atoms with van der Waals surface area (Å²) in [6, 6.07) is 2.83. The smallest absolute Gasteiger partial charge is 0.232 e. The van der Waals surface area contributed by atoms with Crippen molar-refractivity contribution in [2.45, 2.75) is 26.2 Å².